The van der Waals surface area contributed by atoms with Crippen LogP contribution in [0.3, 0.4) is 0 Å². The predicted molar refractivity (Wildman–Crippen MR) is 141 cm³/mol. The summed E-state index contributed by atoms with van der Waals surface area (Å²) in [7, 11) is 0.562. The summed E-state index contributed by atoms with van der Waals surface area (Å²) in [5.41, 5.74) is 5.01. The summed E-state index contributed by atoms with van der Waals surface area (Å²) in [5, 5.41) is 4.90. The lowest BCUT2D eigenvalue weighted by molar-refractivity contribution is 0.0298. The minimum absolute atomic E-state index is 0.119. The summed E-state index contributed by atoms with van der Waals surface area (Å²) in [5.74, 6) is 0.165. The molecular weight excluding hydrogens is 488 g/mol. The lowest BCUT2D eigenvalue weighted by Crippen LogP contribution is -2.41. The second-order valence-electron chi connectivity index (χ2n) is 9.86. The molecule has 1 atom stereocenters. The highest BCUT2D eigenvalue weighted by molar-refractivity contribution is 7.84. The summed E-state index contributed by atoms with van der Waals surface area (Å²) in [4.78, 5) is 18.6. The van der Waals surface area contributed by atoms with Crippen LogP contribution in [0.4, 0.5) is 0 Å². The number of hydrogen-bond donors (Lipinski definition) is 0. The van der Waals surface area contributed by atoms with Crippen LogP contribution in [0.15, 0.2) is 53.4 Å². The van der Waals surface area contributed by atoms with Gasteiger partial charge in [0.1, 0.15) is 0 Å². The quantitative estimate of drug-likeness (QED) is 0.514. The largest absolute Gasteiger partial charge is 0.381 e. The van der Waals surface area contributed by atoms with Crippen molar-refractivity contribution >= 4 is 16.7 Å². The van der Waals surface area contributed by atoms with Crippen molar-refractivity contribution in [3.05, 3.63) is 65.4 Å². The Bertz CT molecular complexity index is 1330. The van der Waals surface area contributed by atoms with Gasteiger partial charge in [-0.2, -0.15) is 5.10 Å². The maximum atomic E-state index is 13.6. The number of ether oxygens (including phenoxy) is 2. The van der Waals surface area contributed by atoms with Crippen molar-refractivity contribution in [2.24, 2.45) is 0 Å². The van der Waals surface area contributed by atoms with E-state index in [4.69, 9.17) is 14.6 Å². The van der Waals surface area contributed by atoms with Gasteiger partial charge in [-0.25, -0.2) is 4.68 Å². The Hall–Kier alpha value is -2.85. The van der Waals surface area contributed by atoms with E-state index in [1.807, 2.05) is 35.0 Å². The van der Waals surface area contributed by atoms with Gasteiger partial charge in [0.25, 0.3) is 5.91 Å². The second-order valence-corrected chi connectivity index (χ2v) is 11.3. The van der Waals surface area contributed by atoms with Crippen molar-refractivity contribution in [3.8, 4) is 16.9 Å². The molecule has 9 heteroatoms. The van der Waals surface area contributed by atoms with Crippen LogP contribution in [0.1, 0.15) is 34.5 Å². The first kappa shape index (κ1) is 24.5. The Kier molecular flexibility index (Phi) is 6.94. The van der Waals surface area contributed by atoms with E-state index in [2.05, 4.69) is 23.1 Å². The topological polar surface area (TPSA) is 76.9 Å². The number of amides is 1. The van der Waals surface area contributed by atoms with Crippen LogP contribution in [-0.2, 0) is 32.6 Å². The summed E-state index contributed by atoms with van der Waals surface area (Å²) >= 11 is 0. The third kappa shape index (κ3) is 4.77. The molecule has 4 heterocycles. The van der Waals surface area contributed by atoms with Gasteiger partial charge in [0.05, 0.1) is 47.3 Å². The van der Waals surface area contributed by atoms with Crippen LogP contribution in [-0.4, -0.2) is 82.3 Å². The Balaban J connectivity index is 1.39. The molecule has 1 aromatic heterocycles. The molecule has 3 aromatic rings. The van der Waals surface area contributed by atoms with E-state index in [0.717, 1.165) is 59.9 Å². The number of hydrogen-bond acceptors (Lipinski definition) is 6. The molecule has 0 aliphatic carbocycles. The first-order chi connectivity index (χ1) is 18.1. The van der Waals surface area contributed by atoms with E-state index >= 15 is 0 Å². The maximum absolute atomic E-state index is 13.6. The van der Waals surface area contributed by atoms with Gasteiger partial charge in [-0.1, -0.05) is 30.3 Å². The lowest BCUT2D eigenvalue weighted by Gasteiger charge is -2.31. The zero-order valence-corrected chi connectivity index (χ0v) is 21.9. The molecular formula is C28H32N4O4S. The molecule has 2 saturated heterocycles. The zero-order valence-electron chi connectivity index (χ0n) is 21.1. The standard InChI is InChI=1S/C28H32N4O4S/c1-35-22-9-11-30(12-10-22)18-20-5-4-6-21(17-20)32-27-23-7-2-3-8-25(23)37(34)19-24(27)26(29-32)28(33)31-13-15-36-16-14-31/h2-8,17,22H,9-16,18-19H2,1H3. The van der Waals surface area contributed by atoms with Crippen LogP contribution in [0.5, 0.6) is 0 Å². The van der Waals surface area contributed by atoms with Crippen molar-refractivity contribution in [1.82, 2.24) is 19.6 Å². The number of carbonyl (C=O) groups excluding carboxylic acids is 1. The normalized spacial score (nSPS) is 20.5. The van der Waals surface area contributed by atoms with E-state index in [9.17, 15) is 9.00 Å². The summed E-state index contributed by atoms with van der Waals surface area (Å²) in [6, 6.07) is 16.1. The number of benzene rings is 2. The summed E-state index contributed by atoms with van der Waals surface area (Å²) in [6.07, 6.45) is 2.44. The molecule has 2 aromatic carbocycles. The highest BCUT2D eigenvalue weighted by Gasteiger charge is 2.34. The summed E-state index contributed by atoms with van der Waals surface area (Å²) < 4.78 is 26.0. The molecule has 1 amide bonds. The van der Waals surface area contributed by atoms with Crippen LogP contribution >= 0.6 is 0 Å². The number of carbonyl (C=O) groups is 1. The van der Waals surface area contributed by atoms with Crippen molar-refractivity contribution in [1.29, 1.82) is 0 Å². The highest BCUT2D eigenvalue weighted by Crippen LogP contribution is 2.39. The molecule has 37 heavy (non-hydrogen) atoms. The molecule has 1 unspecified atom stereocenters. The monoisotopic (exact) mass is 520 g/mol. The van der Waals surface area contributed by atoms with Crippen LogP contribution in [0, 0.1) is 0 Å². The number of morpholine rings is 1. The van der Waals surface area contributed by atoms with Gasteiger partial charge in [-0.15, -0.1) is 0 Å². The van der Waals surface area contributed by atoms with Gasteiger partial charge in [0, 0.05) is 55.9 Å². The van der Waals surface area contributed by atoms with Crippen molar-refractivity contribution in [2.75, 3.05) is 46.5 Å². The fourth-order valence-corrected chi connectivity index (χ4v) is 6.89. The number of piperidine rings is 1. The Morgan fingerprint density at radius 3 is 2.65 bits per heavy atom. The first-order valence-electron chi connectivity index (χ1n) is 12.9. The Morgan fingerprint density at radius 2 is 1.86 bits per heavy atom. The number of fused-ring (bicyclic) bond motifs is 3. The van der Waals surface area contributed by atoms with E-state index in [1.165, 1.54) is 5.56 Å². The number of methoxy groups -OCH3 is 1. The third-order valence-electron chi connectivity index (χ3n) is 7.58. The minimum Gasteiger partial charge on any atom is -0.381 e. The maximum Gasteiger partial charge on any atom is 0.274 e. The molecule has 0 radical (unpaired) electrons. The smallest absolute Gasteiger partial charge is 0.274 e. The van der Waals surface area contributed by atoms with Crippen molar-refractivity contribution in [2.45, 2.75) is 36.1 Å². The third-order valence-corrected chi connectivity index (χ3v) is 8.97. The average Bonchev–Trinajstić information content (AvgIpc) is 3.33. The number of nitrogens with zero attached hydrogens (tertiary/aromatic N) is 4. The Morgan fingerprint density at radius 1 is 1.08 bits per heavy atom. The highest BCUT2D eigenvalue weighted by atomic mass is 32.2. The fourth-order valence-electron chi connectivity index (χ4n) is 5.56. The molecule has 8 nitrogen and oxygen atoms in total. The van der Waals surface area contributed by atoms with Crippen LogP contribution in [0.2, 0.25) is 0 Å². The average molecular weight is 521 g/mol. The molecule has 0 N–H and O–H groups in total. The lowest BCUT2D eigenvalue weighted by atomic mass is 10.0. The van der Waals surface area contributed by atoms with Gasteiger partial charge in [0.15, 0.2) is 5.69 Å². The number of likely N-dealkylation sites (tertiary alicyclic amines) is 1. The van der Waals surface area contributed by atoms with Gasteiger partial charge in [-0.05, 0) is 36.6 Å². The molecule has 0 saturated carbocycles. The van der Waals surface area contributed by atoms with E-state index in [0.29, 0.717) is 38.1 Å². The zero-order chi connectivity index (χ0) is 25.4. The van der Waals surface area contributed by atoms with Crippen LogP contribution < -0.4 is 0 Å². The molecule has 3 aliphatic rings. The van der Waals surface area contributed by atoms with E-state index in [-0.39, 0.29) is 11.7 Å². The number of rotatable bonds is 5. The van der Waals surface area contributed by atoms with Crippen molar-refractivity contribution in [3.63, 3.8) is 0 Å². The minimum atomic E-state index is -1.23. The second kappa shape index (κ2) is 10.5. The molecule has 6 rings (SSSR count). The number of aromatic nitrogens is 2. The SMILES string of the molecule is COC1CCN(Cc2cccc(-n3nc(C(=O)N4CCOCC4)c4c3-c3ccccc3S(=O)C4)c2)CC1. The van der Waals surface area contributed by atoms with Gasteiger partial charge in [-0.3, -0.25) is 13.9 Å². The fraction of sp³-hybridized carbons (Fsp3) is 0.429. The van der Waals surface area contributed by atoms with Gasteiger partial charge < -0.3 is 14.4 Å². The molecule has 3 aliphatic heterocycles. The molecule has 2 fully saturated rings. The molecule has 0 spiro atoms. The van der Waals surface area contributed by atoms with Gasteiger partial charge in [0.2, 0.25) is 0 Å². The molecule has 0 bridgehead atoms. The predicted octanol–water partition coefficient (Wildman–Crippen LogP) is 3.24. The Labute approximate surface area is 219 Å². The van der Waals surface area contributed by atoms with Crippen LogP contribution in [0.25, 0.3) is 16.9 Å². The first-order valence-corrected chi connectivity index (χ1v) is 14.3. The van der Waals surface area contributed by atoms with Crippen molar-refractivity contribution < 1.29 is 18.5 Å². The van der Waals surface area contributed by atoms with Gasteiger partial charge >= 0.3 is 0 Å². The van der Waals surface area contributed by atoms with E-state index in [1.54, 1.807) is 12.0 Å². The van der Waals surface area contributed by atoms with E-state index < -0.39 is 10.8 Å². The molecule has 194 valence electrons. The summed E-state index contributed by atoms with van der Waals surface area (Å²) in [6.45, 7) is 4.99.